The van der Waals surface area contributed by atoms with Crippen LogP contribution in [-0.4, -0.2) is 42.3 Å². The summed E-state index contributed by atoms with van der Waals surface area (Å²) in [6.45, 7) is 2.63. The lowest BCUT2D eigenvalue weighted by Crippen LogP contribution is -2.29. The fourth-order valence-corrected chi connectivity index (χ4v) is 2.81. The van der Waals surface area contributed by atoms with Crippen LogP contribution in [0.1, 0.15) is 19.8 Å². The van der Waals surface area contributed by atoms with Gasteiger partial charge in [-0.3, -0.25) is 0 Å². The van der Waals surface area contributed by atoms with Crippen molar-refractivity contribution >= 4 is 16.0 Å². The van der Waals surface area contributed by atoms with Crippen molar-refractivity contribution in [2.24, 2.45) is 0 Å². The molecule has 1 N–H and O–H groups in total. The van der Waals surface area contributed by atoms with E-state index in [2.05, 4.69) is 15.3 Å². The van der Waals surface area contributed by atoms with Crippen LogP contribution in [0.4, 0.5) is 5.95 Å². The minimum atomic E-state index is -3.43. The van der Waals surface area contributed by atoms with Gasteiger partial charge >= 0.3 is 0 Å². The Hall–Kier alpha value is -1.21. The molecule has 0 saturated heterocycles. The molecule has 1 fully saturated rings. The lowest BCUT2D eigenvalue weighted by molar-refractivity contribution is 0.463. The highest BCUT2D eigenvalue weighted by molar-refractivity contribution is 7.89. The lowest BCUT2D eigenvalue weighted by Gasteiger charge is -2.15. The number of nitrogens with one attached hydrogen (secondary N) is 1. The molecule has 0 amide bonds. The van der Waals surface area contributed by atoms with Crippen LogP contribution in [-0.2, 0) is 10.0 Å². The second-order valence-electron chi connectivity index (χ2n) is 4.03. The van der Waals surface area contributed by atoms with Crippen molar-refractivity contribution in [1.29, 1.82) is 0 Å². The molecule has 1 saturated carbocycles. The molecule has 6 nitrogen and oxygen atoms in total. The Bertz CT molecular complexity index is 482. The molecule has 0 atom stereocenters. The van der Waals surface area contributed by atoms with Gasteiger partial charge in [0.2, 0.25) is 16.0 Å². The van der Waals surface area contributed by atoms with E-state index in [1.165, 1.54) is 16.7 Å². The van der Waals surface area contributed by atoms with Gasteiger partial charge in [0.25, 0.3) is 0 Å². The van der Waals surface area contributed by atoms with Gasteiger partial charge in [0.1, 0.15) is 4.90 Å². The zero-order chi connectivity index (χ0) is 12.5. The van der Waals surface area contributed by atoms with Crippen molar-refractivity contribution in [2.45, 2.75) is 30.7 Å². The van der Waals surface area contributed by atoms with Crippen LogP contribution in [0.15, 0.2) is 17.3 Å². The topological polar surface area (TPSA) is 75.2 Å². The summed E-state index contributed by atoms with van der Waals surface area (Å²) in [5.41, 5.74) is 0. The van der Waals surface area contributed by atoms with Gasteiger partial charge in [-0.15, -0.1) is 0 Å². The highest BCUT2D eigenvalue weighted by atomic mass is 32.2. The average molecular weight is 256 g/mol. The van der Waals surface area contributed by atoms with Crippen LogP contribution >= 0.6 is 0 Å². The first-order valence-corrected chi connectivity index (χ1v) is 7.03. The molecule has 0 unspecified atom stereocenters. The molecule has 1 aliphatic carbocycles. The Labute approximate surface area is 101 Å². The quantitative estimate of drug-likeness (QED) is 0.839. The molecule has 2 rings (SSSR count). The Morgan fingerprint density at radius 3 is 2.47 bits per heavy atom. The number of hydrogen-bond donors (Lipinski definition) is 1. The minimum Gasteiger partial charge on any atom is -0.355 e. The predicted molar refractivity (Wildman–Crippen MR) is 64.2 cm³/mol. The van der Waals surface area contributed by atoms with E-state index in [4.69, 9.17) is 0 Å². The summed E-state index contributed by atoms with van der Waals surface area (Å²) in [7, 11) is -1.82. The first-order valence-electron chi connectivity index (χ1n) is 5.59. The Kier molecular flexibility index (Phi) is 3.30. The zero-order valence-corrected chi connectivity index (χ0v) is 10.7. The van der Waals surface area contributed by atoms with Gasteiger partial charge in [-0.2, -0.15) is 4.31 Å². The summed E-state index contributed by atoms with van der Waals surface area (Å²) in [5.74, 6) is 0.445. The highest BCUT2D eigenvalue weighted by Crippen LogP contribution is 2.29. The van der Waals surface area contributed by atoms with E-state index in [0.717, 1.165) is 12.8 Å². The Balaban J connectivity index is 2.20. The third-order valence-electron chi connectivity index (χ3n) is 2.70. The molecule has 0 bridgehead atoms. The SMILES string of the molecule is CCNc1ncc(S(=O)(=O)N(C)C2CC2)cn1. The molecule has 0 aliphatic heterocycles. The predicted octanol–water partition coefficient (Wildman–Crippen LogP) is 0.691. The van der Waals surface area contributed by atoms with Crippen LogP contribution < -0.4 is 5.32 Å². The maximum atomic E-state index is 12.1. The monoisotopic (exact) mass is 256 g/mol. The van der Waals surface area contributed by atoms with E-state index in [9.17, 15) is 8.42 Å². The summed E-state index contributed by atoms with van der Waals surface area (Å²) >= 11 is 0. The van der Waals surface area contributed by atoms with Gasteiger partial charge in [-0.05, 0) is 19.8 Å². The summed E-state index contributed by atoms with van der Waals surface area (Å²) in [6.07, 6.45) is 4.57. The summed E-state index contributed by atoms with van der Waals surface area (Å²) in [6, 6.07) is 0.147. The maximum Gasteiger partial charge on any atom is 0.246 e. The van der Waals surface area contributed by atoms with E-state index >= 15 is 0 Å². The van der Waals surface area contributed by atoms with Gasteiger partial charge < -0.3 is 5.32 Å². The zero-order valence-electron chi connectivity index (χ0n) is 9.92. The largest absolute Gasteiger partial charge is 0.355 e. The third-order valence-corrected chi connectivity index (χ3v) is 4.56. The number of nitrogens with zero attached hydrogens (tertiary/aromatic N) is 3. The van der Waals surface area contributed by atoms with E-state index < -0.39 is 10.0 Å². The van der Waals surface area contributed by atoms with Crippen LogP contribution in [0, 0.1) is 0 Å². The van der Waals surface area contributed by atoms with Gasteiger partial charge in [0, 0.05) is 19.6 Å². The smallest absolute Gasteiger partial charge is 0.246 e. The van der Waals surface area contributed by atoms with Crippen LogP contribution in [0.3, 0.4) is 0 Å². The highest BCUT2D eigenvalue weighted by Gasteiger charge is 2.35. The van der Waals surface area contributed by atoms with Crippen LogP contribution in [0.5, 0.6) is 0 Å². The minimum absolute atomic E-state index is 0.147. The van der Waals surface area contributed by atoms with Crippen molar-refractivity contribution < 1.29 is 8.42 Å². The Morgan fingerprint density at radius 2 is 2.00 bits per heavy atom. The molecular formula is C10H16N4O2S. The van der Waals surface area contributed by atoms with E-state index in [-0.39, 0.29) is 10.9 Å². The number of hydrogen-bond acceptors (Lipinski definition) is 5. The molecule has 1 heterocycles. The fraction of sp³-hybridized carbons (Fsp3) is 0.600. The molecule has 0 radical (unpaired) electrons. The second kappa shape index (κ2) is 4.58. The van der Waals surface area contributed by atoms with E-state index in [0.29, 0.717) is 12.5 Å². The molecule has 7 heteroatoms. The summed E-state index contributed by atoms with van der Waals surface area (Å²) in [5, 5.41) is 2.92. The molecule has 17 heavy (non-hydrogen) atoms. The first-order chi connectivity index (χ1) is 8.05. The second-order valence-corrected chi connectivity index (χ2v) is 6.02. The number of sulfonamides is 1. The van der Waals surface area contributed by atoms with E-state index in [1.807, 2.05) is 6.92 Å². The number of anilines is 1. The Morgan fingerprint density at radius 1 is 1.41 bits per heavy atom. The van der Waals surface area contributed by atoms with Crippen molar-refractivity contribution in [3.63, 3.8) is 0 Å². The number of rotatable bonds is 5. The van der Waals surface area contributed by atoms with Crippen molar-refractivity contribution in [3.8, 4) is 0 Å². The van der Waals surface area contributed by atoms with Crippen LogP contribution in [0.25, 0.3) is 0 Å². The average Bonchev–Trinajstić information content (AvgIpc) is 3.13. The van der Waals surface area contributed by atoms with Gasteiger partial charge in [0.05, 0.1) is 12.4 Å². The molecule has 1 aromatic heterocycles. The van der Waals surface area contributed by atoms with Crippen molar-refractivity contribution in [2.75, 3.05) is 18.9 Å². The van der Waals surface area contributed by atoms with Gasteiger partial charge in [-0.1, -0.05) is 0 Å². The molecule has 0 aromatic carbocycles. The fourth-order valence-electron chi connectivity index (χ4n) is 1.50. The van der Waals surface area contributed by atoms with Crippen LogP contribution in [0.2, 0.25) is 0 Å². The summed E-state index contributed by atoms with van der Waals surface area (Å²) < 4.78 is 25.6. The maximum absolute atomic E-state index is 12.1. The lowest BCUT2D eigenvalue weighted by atomic mass is 10.6. The number of aromatic nitrogens is 2. The van der Waals surface area contributed by atoms with Crippen molar-refractivity contribution in [3.05, 3.63) is 12.4 Å². The first kappa shape index (κ1) is 12.3. The molecule has 0 spiro atoms. The molecule has 1 aliphatic rings. The standard InChI is InChI=1S/C10H16N4O2S/c1-3-11-10-12-6-9(7-13-10)17(15,16)14(2)8-4-5-8/h6-8H,3-5H2,1-2H3,(H,11,12,13). The molecule has 1 aromatic rings. The third kappa shape index (κ3) is 2.55. The van der Waals surface area contributed by atoms with Gasteiger partial charge in [-0.25, -0.2) is 18.4 Å². The molecular weight excluding hydrogens is 240 g/mol. The van der Waals surface area contributed by atoms with E-state index in [1.54, 1.807) is 7.05 Å². The van der Waals surface area contributed by atoms with Gasteiger partial charge in [0.15, 0.2) is 0 Å². The normalized spacial score (nSPS) is 16.2. The molecule has 94 valence electrons. The summed E-state index contributed by atoms with van der Waals surface area (Å²) in [4.78, 5) is 8.08. The van der Waals surface area contributed by atoms with Crippen molar-refractivity contribution in [1.82, 2.24) is 14.3 Å².